The molecule has 1 aromatic carbocycles. The molecule has 4 heteroatoms. The molecule has 0 saturated carbocycles. The maximum Gasteiger partial charge on any atom is 0.338 e. The Kier molecular flexibility index (Phi) is 4.72. The van der Waals surface area contributed by atoms with Crippen LogP contribution in [0.3, 0.4) is 0 Å². The summed E-state index contributed by atoms with van der Waals surface area (Å²) in [4.78, 5) is 16.6. The lowest BCUT2D eigenvalue weighted by Crippen LogP contribution is -2.32. The molecule has 2 unspecified atom stereocenters. The van der Waals surface area contributed by atoms with Crippen LogP contribution in [0.1, 0.15) is 52.0 Å². The second-order valence-corrected chi connectivity index (χ2v) is 6.06. The number of aryl methyl sites for hydroxylation is 1. The molecule has 3 rings (SSSR count). The molecule has 2 aromatic rings. The number of benzene rings is 1. The fourth-order valence-corrected chi connectivity index (χ4v) is 3.30. The van der Waals surface area contributed by atoms with Gasteiger partial charge in [0.2, 0.25) is 0 Å². The molecule has 2 heterocycles. The smallest absolute Gasteiger partial charge is 0.338 e. The van der Waals surface area contributed by atoms with Crippen molar-refractivity contribution in [1.29, 1.82) is 0 Å². The molecule has 1 saturated heterocycles. The van der Waals surface area contributed by atoms with E-state index in [1.54, 1.807) is 0 Å². The highest BCUT2D eigenvalue weighted by Crippen LogP contribution is 2.34. The van der Waals surface area contributed by atoms with Crippen molar-refractivity contribution >= 4 is 5.97 Å². The highest BCUT2D eigenvalue weighted by atomic mass is 16.5. The number of methoxy groups -OCH3 is 1. The molecule has 1 fully saturated rings. The third-order valence-electron chi connectivity index (χ3n) is 4.50. The summed E-state index contributed by atoms with van der Waals surface area (Å²) in [6.07, 6.45) is 3.88. The van der Waals surface area contributed by atoms with E-state index in [4.69, 9.17) is 4.74 Å². The molecule has 0 aliphatic carbocycles. The molecule has 1 aromatic heterocycles. The number of hydrogen-bond acceptors (Lipinski definition) is 4. The first-order chi connectivity index (χ1) is 11.2. The summed E-state index contributed by atoms with van der Waals surface area (Å²) in [5.74, 6) is 0.130. The van der Waals surface area contributed by atoms with Gasteiger partial charge in [0.05, 0.1) is 12.7 Å². The fraction of sp³-hybridized carbons (Fsp3) is 0.368. The third kappa shape index (κ3) is 3.42. The van der Waals surface area contributed by atoms with Crippen LogP contribution in [-0.2, 0) is 4.74 Å². The van der Waals surface area contributed by atoms with E-state index in [0.29, 0.717) is 11.5 Å². The number of pyridine rings is 1. The number of nitrogens with one attached hydrogen (secondary N) is 1. The van der Waals surface area contributed by atoms with Crippen molar-refractivity contribution in [3.8, 4) is 0 Å². The number of rotatable bonds is 3. The molecule has 0 bridgehead atoms. The number of carbonyl (C=O) groups excluding carboxylic acids is 1. The lowest BCUT2D eigenvalue weighted by atomic mass is 9.84. The van der Waals surface area contributed by atoms with Crippen molar-refractivity contribution in [1.82, 2.24) is 10.3 Å². The van der Waals surface area contributed by atoms with E-state index < -0.39 is 0 Å². The number of nitrogens with zero attached hydrogens (tertiary/aromatic N) is 1. The Hall–Kier alpha value is -2.20. The molecular weight excluding hydrogens is 288 g/mol. The van der Waals surface area contributed by atoms with Crippen LogP contribution < -0.4 is 5.32 Å². The Morgan fingerprint density at radius 2 is 2.13 bits per heavy atom. The molecule has 0 radical (unpaired) electrons. The van der Waals surface area contributed by atoms with E-state index in [0.717, 1.165) is 30.6 Å². The molecule has 0 spiro atoms. The molecule has 1 aliphatic heterocycles. The zero-order valence-electron chi connectivity index (χ0n) is 13.6. The molecule has 1 aliphatic rings. The standard InChI is InChI=1S/C19H22N2O2/c1-13-7-9-20-17(11-13)14-8-10-21-18(12-14)15-5-3-4-6-16(15)19(22)23-2/h3-7,9,11,14,18,21H,8,10,12H2,1-2H3. The lowest BCUT2D eigenvalue weighted by molar-refractivity contribution is 0.0598. The number of piperidine rings is 1. The summed E-state index contributed by atoms with van der Waals surface area (Å²) in [5, 5.41) is 3.53. The van der Waals surface area contributed by atoms with E-state index in [-0.39, 0.29) is 12.0 Å². The minimum Gasteiger partial charge on any atom is -0.465 e. The zero-order chi connectivity index (χ0) is 16.2. The summed E-state index contributed by atoms with van der Waals surface area (Å²) in [7, 11) is 1.42. The number of hydrogen-bond donors (Lipinski definition) is 1. The first-order valence-electron chi connectivity index (χ1n) is 8.02. The average Bonchev–Trinajstić information content (AvgIpc) is 2.61. The minimum absolute atomic E-state index is 0.145. The van der Waals surface area contributed by atoms with Crippen molar-refractivity contribution in [3.63, 3.8) is 0 Å². The average molecular weight is 310 g/mol. The summed E-state index contributed by atoms with van der Waals surface area (Å²) in [6, 6.07) is 12.0. The van der Waals surface area contributed by atoms with Gasteiger partial charge < -0.3 is 10.1 Å². The largest absolute Gasteiger partial charge is 0.465 e. The van der Waals surface area contributed by atoms with Gasteiger partial charge in [-0.2, -0.15) is 0 Å². The quantitative estimate of drug-likeness (QED) is 0.883. The molecule has 2 atom stereocenters. The summed E-state index contributed by atoms with van der Waals surface area (Å²) in [5.41, 5.74) is 4.04. The van der Waals surface area contributed by atoms with Gasteiger partial charge in [0.15, 0.2) is 0 Å². The van der Waals surface area contributed by atoms with Crippen molar-refractivity contribution in [2.45, 2.75) is 31.7 Å². The van der Waals surface area contributed by atoms with Gasteiger partial charge in [-0.15, -0.1) is 0 Å². The Morgan fingerprint density at radius 3 is 2.91 bits per heavy atom. The third-order valence-corrected chi connectivity index (χ3v) is 4.50. The van der Waals surface area contributed by atoms with Crippen LogP contribution in [0.5, 0.6) is 0 Å². The van der Waals surface area contributed by atoms with Gasteiger partial charge in [0, 0.05) is 23.9 Å². The second kappa shape index (κ2) is 6.92. The summed E-state index contributed by atoms with van der Waals surface area (Å²) < 4.78 is 4.92. The van der Waals surface area contributed by atoms with Gasteiger partial charge in [0.25, 0.3) is 0 Å². The van der Waals surface area contributed by atoms with E-state index in [9.17, 15) is 4.79 Å². The number of carbonyl (C=O) groups is 1. The number of aromatic nitrogens is 1. The summed E-state index contributed by atoms with van der Waals surface area (Å²) in [6.45, 7) is 3.01. The predicted octanol–water partition coefficient (Wildman–Crippen LogP) is 3.38. The Bertz CT molecular complexity index is 699. The minimum atomic E-state index is -0.279. The lowest BCUT2D eigenvalue weighted by Gasteiger charge is -2.31. The van der Waals surface area contributed by atoms with Gasteiger partial charge in [0.1, 0.15) is 0 Å². The van der Waals surface area contributed by atoms with Crippen molar-refractivity contribution in [2.75, 3.05) is 13.7 Å². The topological polar surface area (TPSA) is 51.2 Å². The van der Waals surface area contributed by atoms with Crippen LogP contribution in [0.25, 0.3) is 0 Å². The SMILES string of the molecule is COC(=O)c1ccccc1C1CC(c2cc(C)ccn2)CCN1. The van der Waals surface area contributed by atoms with E-state index >= 15 is 0 Å². The van der Waals surface area contributed by atoms with Crippen LogP contribution in [0.15, 0.2) is 42.6 Å². The Labute approximate surface area is 136 Å². The second-order valence-electron chi connectivity index (χ2n) is 6.06. The molecule has 0 amide bonds. The van der Waals surface area contributed by atoms with Gasteiger partial charge in [-0.3, -0.25) is 4.98 Å². The zero-order valence-corrected chi connectivity index (χ0v) is 13.6. The van der Waals surface area contributed by atoms with E-state index in [1.807, 2.05) is 36.5 Å². The predicted molar refractivity (Wildman–Crippen MR) is 89.5 cm³/mol. The van der Waals surface area contributed by atoms with Crippen LogP contribution >= 0.6 is 0 Å². The van der Waals surface area contributed by atoms with Crippen LogP contribution in [0.2, 0.25) is 0 Å². The van der Waals surface area contributed by atoms with Gasteiger partial charge in [-0.25, -0.2) is 4.79 Å². The van der Waals surface area contributed by atoms with Crippen molar-refractivity contribution in [3.05, 3.63) is 65.0 Å². The highest BCUT2D eigenvalue weighted by Gasteiger charge is 2.27. The van der Waals surface area contributed by atoms with Crippen LogP contribution in [-0.4, -0.2) is 24.6 Å². The van der Waals surface area contributed by atoms with E-state index in [2.05, 4.69) is 23.3 Å². The van der Waals surface area contributed by atoms with E-state index in [1.165, 1.54) is 12.7 Å². The van der Waals surface area contributed by atoms with Gasteiger partial charge >= 0.3 is 5.97 Å². The van der Waals surface area contributed by atoms with Crippen molar-refractivity contribution in [2.24, 2.45) is 0 Å². The molecule has 23 heavy (non-hydrogen) atoms. The van der Waals surface area contributed by atoms with Crippen LogP contribution in [0.4, 0.5) is 0 Å². The fourth-order valence-electron chi connectivity index (χ4n) is 3.30. The highest BCUT2D eigenvalue weighted by molar-refractivity contribution is 5.91. The number of ether oxygens (including phenoxy) is 1. The monoisotopic (exact) mass is 310 g/mol. The van der Waals surface area contributed by atoms with Crippen molar-refractivity contribution < 1.29 is 9.53 Å². The first kappa shape index (κ1) is 15.7. The Balaban J connectivity index is 1.86. The molecular formula is C19H22N2O2. The summed E-state index contributed by atoms with van der Waals surface area (Å²) >= 11 is 0. The van der Waals surface area contributed by atoms with Gasteiger partial charge in [-0.1, -0.05) is 18.2 Å². The maximum absolute atomic E-state index is 12.0. The van der Waals surface area contributed by atoms with Gasteiger partial charge in [-0.05, 0) is 55.6 Å². The molecule has 4 nitrogen and oxygen atoms in total. The first-order valence-corrected chi connectivity index (χ1v) is 8.02. The molecule has 120 valence electrons. The normalized spacial score (nSPS) is 21.0. The molecule has 1 N–H and O–H groups in total. The maximum atomic E-state index is 12.0. The number of esters is 1. The van der Waals surface area contributed by atoms with Crippen LogP contribution in [0, 0.1) is 6.92 Å². The Morgan fingerprint density at radius 1 is 1.30 bits per heavy atom.